The molecule has 0 spiro atoms. The zero-order valence-corrected chi connectivity index (χ0v) is 17.4. The summed E-state index contributed by atoms with van der Waals surface area (Å²) in [6, 6.07) is 7.70. The number of hydrogen-bond donors (Lipinski definition) is 2. The van der Waals surface area contributed by atoms with Crippen LogP contribution in [0.25, 0.3) is 0 Å². The number of nitrogens with one attached hydrogen (secondary N) is 2. The highest BCUT2D eigenvalue weighted by Gasteiger charge is 2.00. The standard InChI is InChI=1S/C17H26ClN3O2.HI/c1-3-19-17(20-11-6-4-5-10-16(22)23-2)21-13-14-8-7-9-15(18)12-14;/h7-9,12H,3-6,10-11,13H2,1-2H3,(H2,19,20,21);1H. The third-order valence-electron chi connectivity index (χ3n) is 3.23. The molecule has 0 saturated carbocycles. The average molecular weight is 468 g/mol. The van der Waals surface area contributed by atoms with Gasteiger partial charge in [0.2, 0.25) is 0 Å². The fourth-order valence-electron chi connectivity index (χ4n) is 2.03. The Balaban J connectivity index is 0.00000529. The first-order valence-electron chi connectivity index (χ1n) is 7.99. The molecule has 1 rings (SSSR count). The Morgan fingerprint density at radius 3 is 2.71 bits per heavy atom. The smallest absolute Gasteiger partial charge is 0.305 e. The van der Waals surface area contributed by atoms with E-state index in [1.807, 2.05) is 31.2 Å². The summed E-state index contributed by atoms with van der Waals surface area (Å²) >= 11 is 5.97. The summed E-state index contributed by atoms with van der Waals surface area (Å²) in [4.78, 5) is 15.6. The number of esters is 1. The topological polar surface area (TPSA) is 62.7 Å². The Morgan fingerprint density at radius 1 is 1.25 bits per heavy atom. The number of unbranched alkanes of at least 4 members (excludes halogenated alkanes) is 2. The van der Waals surface area contributed by atoms with Gasteiger partial charge in [-0.05, 0) is 37.5 Å². The Kier molecular flexibility index (Phi) is 13.7. The summed E-state index contributed by atoms with van der Waals surface area (Å²) in [5.41, 5.74) is 1.08. The highest BCUT2D eigenvalue weighted by molar-refractivity contribution is 14.0. The van der Waals surface area contributed by atoms with Crippen molar-refractivity contribution in [2.45, 2.75) is 39.2 Å². The lowest BCUT2D eigenvalue weighted by Crippen LogP contribution is -2.37. The molecule has 2 N–H and O–H groups in total. The molecule has 0 aliphatic carbocycles. The van der Waals surface area contributed by atoms with Gasteiger partial charge in [-0.15, -0.1) is 24.0 Å². The van der Waals surface area contributed by atoms with Gasteiger partial charge in [-0.25, -0.2) is 4.99 Å². The summed E-state index contributed by atoms with van der Waals surface area (Å²) in [6.45, 7) is 4.25. The number of rotatable bonds is 9. The van der Waals surface area contributed by atoms with Gasteiger partial charge in [0.05, 0.1) is 13.7 Å². The molecule has 0 saturated heterocycles. The minimum absolute atomic E-state index is 0. The maximum Gasteiger partial charge on any atom is 0.305 e. The number of carbonyl (C=O) groups is 1. The van der Waals surface area contributed by atoms with Gasteiger partial charge < -0.3 is 15.4 Å². The number of guanidine groups is 1. The SMILES string of the molecule is CCNC(=NCc1cccc(Cl)c1)NCCCCCC(=O)OC.I. The first-order valence-corrected chi connectivity index (χ1v) is 8.37. The van der Waals surface area contributed by atoms with Crippen molar-refractivity contribution in [1.82, 2.24) is 10.6 Å². The Hall–Kier alpha value is -1.02. The van der Waals surface area contributed by atoms with Crippen LogP contribution in [-0.2, 0) is 16.1 Å². The molecule has 0 aromatic heterocycles. The molecular weight excluding hydrogens is 441 g/mol. The molecule has 0 heterocycles. The normalized spacial score (nSPS) is 10.7. The second-order valence-corrected chi connectivity index (χ2v) is 5.58. The van der Waals surface area contributed by atoms with Gasteiger partial charge in [0.1, 0.15) is 0 Å². The number of halogens is 2. The van der Waals surface area contributed by atoms with Crippen LogP contribution >= 0.6 is 35.6 Å². The zero-order chi connectivity index (χ0) is 16.9. The molecular formula is C17H27ClIN3O2. The van der Waals surface area contributed by atoms with Gasteiger partial charge >= 0.3 is 5.97 Å². The van der Waals surface area contributed by atoms with Crippen molar-refractivity contribution in [3.05, 3.63) is 34.9 Å². The largest absolute Gasteiger partial charge is 0.469 e. The monoisotopic (exact) mass is 467 g/mol. The zero-order valence-electron chi connectivity index (χ0n) is 14.3. The van der Waals surface area contributed by atoms with E-state index in [1.54, 1.807) is 0 Å². The first kappa shape index (κ1) is 23.0. The van der Waals surface area contributed by atoms with Crippen molar-refractivity contribution in [2.24, 2.45) is 4.99 Å². The number of carbonyl (C=O) groups excluding carboxylic acids is 1. The van der Waals surface area contributed by atoms with E-state index in [0.29, 0.717) is 13.0 Å². The van der Waals surface area contributed by atoms with Gasteiger partial charge in [-0.3, -0.25) is 4.79 Å². The molecule has 0 radical (unpaired) electrons. The maximum atomic E-state index is 11.0. The van der Waals surface area contributed by atoms with E-state index in [9.17, 15) is 4.79 Å². The van der Waals surface area contributed by atoms with Crippen molar-refractivity contribution in [3.63, 3.8) is 0 Å². The number of nitrogens with zero attached hydrogens (tertiary/aromatic N) is 1. The number of benzene rings is 1. The minimum Gasteiger partial charge on any atom is -0.469 e. The van der Waals surface area contributed by atoms with E-state index >= 15 is 0 Å². The van der Waals surface area contributed by atoms with Crippen LogP contribution in [-0.4, -0.2) is 32.1 Å². The summed E-state index contributed by atoms with van der Waals surface area (Å²) < 4.78 is 4.62. The predicted molar refractivity (Wildman–Crippen MR) is 110 cm³/mol. The lowest BCUT2D eigenvalue weighted by Gasteiger charge is -2.11. The molecule has 24 heavy (non-hydrogen) atoms. The van der Waals surface area contributed by atoms with Crippen LogP contribution in [0.2, 0.25) is 5.02 Å². The highest BCUT2D eigenvalue weighted by Crippen LogP contribution is 2.11. The van der Waals surface area contributed by atoms with E-state index in [4.69, 9.17) is 11.6 Å². The molecule has 0 bridgehead atoms. The van der Waals surface area contributed by atoms with E-state index in [1.165, 1.54) is 7.11 Å². The Morgan fingerprint density at radius 2 is 2.04 bits per heavy atom. The molecule has 0 unspecified atom stereocenters. The highest BCUT2D eigenvalue weighted by atomic mass is 127. The maximum absolute atomic E-state index is 11.0. The van der Waals surface area contributed by atoms with Gasteiger partial charge in [-0.2, -0.15) is 0 Å². The summed E-state index contributed by atoms with van der Waals surface area (Å²) in [6.07, 6.45) is 3.30. The molecule has 0 atom stereocenters. The van der Waals surface area contributed by atoms with Crippen molar-refractivity contribution in [3.8, 4) is 0 Å². The molecule has 0 aliphatic heterocycles. The van der Waals surface area contributed by atoms with Crippen LogP contribution in [0.3, 0.4) is 0 Å². The molecule has 0 fully saturated rings. The third kappa shape index (κ3) is 10.7. The summed E-state index contributed by atoms with van der Waals surface area (Å²) in [5, 5.41) is 7.24. The number of aliphatic imine (C=N–C) groups is 1. The van der Waals surface area contributed by atoms with E-state index in [0.717, 1.165) is 48.9 Å². The summed E-state index contributed by atoms with van der Waals surface area (Å²) in [5.74, 6) is 0.648. The van der Waals surface area contributed by atoms with E-state index in [-0.39, 0.29) is 29.9 Å². The number of methoxy groups -OCH3 is 1. The van der Waals surface area contributed by atoms with Crippen LogP contribution in [0.15, 0.2) is 29.3 Å². The van der Waals surface area contributed by atoms with Gasteiger partial charge in [0.15, 0.2) is 5.96 Å². The molecule has 1 aromatic carbocycles. The van der Waals surface area contributed by atoms with Crippen LogP contribution in [0.1, 0.15) is 38.2 Å². The lowest BCUT2D eigenvalue weighted by molar-refractivity contribution is -0.140. The van der Waals surface area contributed by atoms with Crippen LogP contribution in [0, 0.1) is 0 Å². The lowest BCUT2D eigenvalue weighted by atomic mass is 10.2. The Labute approximate surface area is 166 Å². The van der Waals surface area contributed by atoms with E-state index < -0.39 is 0 Å². The number of hydrogen-bond acceptors (Lipinski definition) is 3. The van der Waals surface area contributed by atoms with Gasteiger partial charge in [0, 0.05) is 24.5 Å². The summed E-state index contributed by atoms with van der Waals surface area (Å²) in [7, 11) is 1.42. The molecule has 0 amide bonds. The third-order valence-corrected chi connectivity index (χ3v) is 3.47. The molecule has 0 aliphatic rings. The van der Waals surface area contributed by atoms with Crippen LogP contribution in [0.4, 0.5) is 0 Å². The van der Waals surface area contributed by atoms with Crippen molar-refractivity contribution in [1.29, 1.82) is 0 Å². The molecule has 136 valence electrons. The van der Waals surface area contributed by atoms with Crippen molar-refractivity contribution < 1.29 is 9.53 Å². The number of ether oxygens (including phenoxy) is 1. The quantitative estimate of drug-likeness (QED) is 0.191. The fourth-order valence-corrected chi connectivity index (χ4v) is 2.24. The van der Waals surface area contributed by atoms with Crippen LogP contribution < -0.4 is 10.6 Å². The fraction of sp³-hybridized carbons (Fsp3) is 0.529. The van der Waals surface area contributed by atoms with Gasteiger partial charge in [0.25, 0.3) is 0 Å². The first-order chi connectivity index (χ1) is 11.2. The van der Waals surface area contributed by atoms with Gasteiger partial charge in [-0.1, -0.05) is 30.2 Å². The van der Waals surface area contributed by atoms with E-state index in [2.05, 4.69) is 20.4 Å². The molecule has 1 aromatic rings. The van der Waals surface area contributed by atoms with Crippen LogP contribution in [0.5, 0.6) is 0 Å². The van der Waals surface area contributed by atoms with Crippen molar-refractivity contribution in [2.75, 3.05) is 20.2 Å². The Bertz CT molecular complexity index is 512. The molecule has 7 heteroatoms. The van der Waals surface area contributed by atoms with Crippen molar-refractivity contribution >= 4 is 47.5 Å². The second-order valence-electron chi connectivity index (χ2n) is 5.14. The second kappa shape index (κ2) is 14.3. The predicted octanol–water partition coefficient (Wildman–Crippen LogP) is 3.75. The minimum atomic E-state index is -0.144. The molecule has 5 nitrogen and oxygen atoms in total. The average Bonchev–Trinajstić information content (AvgIpc) is 2.55.